The van der Waals surface area contributed by atoms with Crippen LogP contribution in [0.1, 0.15) is 25.3 Å². The molecule has 132 valence electrons. The van der Waals surface area contributed by atoms with Crippen LogP contribution in [0.4, 0.5) is 0 Å². The molecule has 1 atom stereocenters. The smallest absolute Gasteiger partial charge is 0.331 e. The number of carbonyl (C=O) groups is 2. The molecule has 0 saturated heterocycles. The summed E-state index contributed by atoms with van der Waals surface area (Å²) in [5.74, 6) is -0.932. The zero-order valence-electron chi connectivity index (χ0n) is 14.4. The van der Waals surface area contributed by atoms with E-state index >= 15 is 0 Å². The molecular weight excluding hydrogens is 330 g/mol. The zero-order chi connectivity index (χ0) is 18.6. The Morgan fingerprint density at radius 2 is 2.15 bits per heavy atom. The summed E-state index contributed by atoms with van der Waals surface area (Å²) in [6.45, 7) is 1.28. The van der Waals surface area contributed by atoms with Crippen molar-refractivity contribution >= 4 is 28.9 Å². The number of benzene rings is 1. The number of carbonyl (C=O) groups excluding carboxylic acids is 2. The number of pyridine rings is 1. The molecule has 1 fully saturated rings. The number of hydrogen-bond acceptors (Lipinski definition) is 5. The number of rotatable bonds is 6. The normalized spacial score (nSPS) is 16.0. The summed E-state index contributed by atoms with van der Waals surface area (Å²) in [6, 6.07) is 11.6. The molecule has 6 nitrogen and oxygen atoms in total. The summed E-state index contributed by atoms with van der Waals surface area (Å²) in [6.07, 6.45) is 6.41. The molecule has 1 saturated carbocycles. The van der Waals surface area contributed by atoms with E-state index in [0.717, 1.165) is 29.3 Å². The maximum atomic E-state index is 11.9. The molecule has 0 spiro atoms. The molecule has 0 aliphatic heterocycles. The minimum atomic E-state index is -0.895. The number of nitrogens with one attached hydrogen (secondary N) is 1. The molecule has 1 N–H and O–H groups in total. The molecular formula is C20H19N3O3. The quantitative estimate of drug-likeness (QED) is 0.639. The lowest BCUT2D eigenvalue weighted by Crippen LogP contribution is -2.48. The van der Waals surface area contributed by atoms with Gasteiger partial charge in [-0.1, -0.05) is 24.3 Å². The van der Waals surface area contributed by atoms with Crippen LogP contribution in [-0.4, -0.2) is 29.0 Å². The molecule has 26 heavy (non-hydrogen) atoms. The van der Waals surface area contributed by atoms with Gasteiger partial charge >= 0.3 is 5.97 Å². The first-order chi connectivity index (χ1) is 12.5. The highest BCUT2D eigenvalue weighted by Crippen LogP contribution is 2.39. The summed E-state index contributed by atoms with van der Waals surface area (Å²) in [5, 5.41) is 12.8. The number of para-hydroxylation sites is 1. The van der Waals surface area contributed by atoms with E-state index in [2.05, 4.69) is 16.4 Å². The van der Waals surface area contributed by atoms with Crippen molar-refractivity contribution < 1.29 is 14.3 Å². The summed E-state index contributed by atoms with van der Waals surface area (Å²) in [7, 11) is 0. The lowest BCUT2D eigenvalue weighted by atomic mass is 9.98. The number of esters is 1. The van der Waals surface area contributed by atoms with Crippen LogP contribution in [0.2, 0.25) is 0 Å². The molecule has 3 rings (SSSR count). The van der Waals surface area contributed by atoms with Gasteiger partial charge in [0.15, 0.2) is 6.61 Å². The third kappa shape index (κ3) is 4.06. The van der Waals surface area contributed by atoms with Gasteiger partial charge in [-0.2, -0.15) is 5.26 Å². The Morgan fingerprint density at radius 3 is 2.88 bits per heavy atom. The number of aromatic nitrogens is 1. The summed E-state index contributed by atoms with van der Waals surface area (Å²) in [5.41, 5.74) is 0.676. The molecule has 1 aliphatic rings. The Morgan fingerprint density at radius 1 is 1.38 bits per heavy atom. The number of hydrogen-bond donors (Lipinski definition) is 1. The molecule has 0 radical (unpaired) electrons. The average Bonchev–Trinajstić information content (AvgIpc) is 3.50. The first-order valence-electron chi connectivity index (χ1n) is 8.43. The van der Waals surface area contributed by atoms with Crippen molar-refractivity contribution in [3.8, 4) is 6.07 Å². The maximum Gasteiger partial charge on any atom is 0.331 e. The van der Waals surface area contributed by atoms with Gasteiger partial charge in [-0.15, -0.1) is 0 Å². The van der Waals surface area contributed by atoms with Crippen LogP contribution in [0.25, 0.3) is 17.0 Å². The molecule has 0 bridgehead atoms. The summed E-state index contributed by atoms with van der Waals surface area (Å²) >= 11 is 0. The zero-order valence-corrected chi connectivity index (χ0v) is 14.4. The Labute approximate surface area is 151 Å². The number of fused-ring (bicyclic) bond motifs is 1. The Kier molecular flexibility index (Phi) is 4.99. The van der Waals surface area contributed by atoms with E-state index in [1.165, 1.54) is 6.08 Å². The SMILES string of the molecule is CC(C#N)(NC(=O)COC(=O)/C=C/c1cccc2cccnc12)C1CC1. The van der Waals surface area contributed by atoms with Gasteiger partial charge in [0.2, 0.25) is 0 Å². The highest BCUT2D eigenvalue weighted by atomic mass is 16.5. The minimum Gasteiger partial charge on any atom is -0.452 e. The van der Waals surface area contributed by atoms with E-state index in [1.807, 2.05) is 30.3 Å². The van der Waals surface area contributed by atoms with Crippen LogP contribution >= 0.6 is 0 Å². The van der Waals surface area contributed by atoms with E-state index in [9.17, 15) is 14.9 Å². The fourth-order valence-electron chi connectivity index (χ4n) is 2.81. The van der Waals surface area contributed by atoms with Gasteiger partial charge in [-0.3, -0.25) is 9.78 Å². The van der Waals surface area contributed by atoms with Crippen molar-refractivity contribution in [3.05, 3.63) is 48.2 Å². The van der Waals surface area contributed by atoms with Gasteiger partial charge in [-0.25, -0.2) is 4.79 Å². The fourth-order valence-corrected chi connectivity index (χ4v) is 2.81. The van der Waals surface area contributed by atoms with Crippen molar-refractivity contribution in [2.24, 2.45) is 5.92 Å². The topological polar surface area (TPSA) is 92.1 Å². The highest BCUT2D eigenvalue weighted by molar-refractivity contribution is 5.93. The summed E-state index contributed by atoms with van der Waals surface area (Å²) in [4.78, 5) is 28.1. The van der Waals surface area contributed by atoms with E-state index in [1.54, 1.807) is 19.2 Å². The number of nitrogens with zero attached hydrogens (tertiary/aromatic N) is 2. The molecule has 1 aliphatic carbocycles. The van der Waals surface area contributed by atoms with Gasteiger partial charge < -0.3 is 10.1 Å². The van der Waals surface area contributed by atoms with E-state index < -0.39 is 24.0 Å². The Balaban J connectivity index is 1.56. The first-order valence-corrected chi connectivity index (χ1v) is 8.43. The van der Waals surface area contributed by atoms with Crippen LogP contribution in [0.15, 0.2) is 42.6 Å². The van der Waals surface area contributed by atoms with Gasteiger partial charge in [0.25, 0.3) is 5.91 Å². The first kappa shape index (κ1) is 17.6. The summed E-state index contributed by atoms with van der Waals surface area (Å²) < 4.78 is 4.96. The third-order valence-corrected chi connectivity index (χ3v) is 4.43. The predicted octanol–water partition coefficient (Wildman–Crippen LogP) is 2.60. The minimum absolute atomic E-state index is 0.172. The van der Waals surface area contributed by atoms with Gasteiger partial charge in [0.05, 0.1) is 11.6 Å². The van der Waals surface area contributed by atoms with Crippen molar-refractivity contribution in [1.82, 2.24) is 10.3 Å². The second kappa shape index (κ2) is 7.36. The molecule has 1 aromatic heterocycles. The fraction of sp³-hybridized carbons (Fsp3) is 0.300. The lowest BCUT2D eigenvalue weighted by Gasteiger charge is -2.22. The maximum absolute atomic E-state index is 11.9. The second-order valence-electron chi connectivity index (χ2n) is 6.50. The van der Waals surface area contributed by atoms with Crippen molar-refractivity contribution in [3.63, 3.8) is 0 Å². The number of amides is 1. The van der Waals surface area contributed by atoms with Crippen LogP contribution in [-0.2, 0) is 14.3 Å². The second-order valence-corrected chi connectivity index (χ2v) is 6.50. The van der Waals surface area contributed by atoms with Gasteiger partial charge in [0.1, 0.15) is 5.54 Å². The Hall–Kier alpha value is -3.20. The molecule has 1 unspecified atom stereocenters. The molecule has 1 heterocycles. The van der Waals surface area contributed by atoms with E-state index in [4.69, 9.17) is 4.74 Å². The monoisotopic (exact) mass is 349 g/mol. The Bertz CT molecular complexity index is 907. The largest absolute Gasteiger partial charge is 0.452 e. The van der Waals surface area contributed by atoms with Crippen LogP contribution < -0.4 is 5.32 Å². The molecule has 2 aromatic rings. The van der Waals surface area contributed by atoms with Crippen molar-refractivity contribution in [2.45, 2.75) is 25.3 Å². The average molecular weight is 349 g/mol. The predicted molar refractivity (Wildman–Crippen MR) is 96.6 cm³/mol. The van der Waals surface area contributed by atoms with E-state index in [-0.39, 0.29) is 5.92 Å². The van der Waals surface area contributed by atoms with Crippen LogP contribution in [0.3, 0.4) is 0 Å². The van der Waals surface area contributed by atoms with Crippen LogP contribution in [0, 0.1) is 17.2 Å². The van der Waals surface area contributed by atoms with Gasteiger partial charge in [-0.05, 0) is 37.8 Å². The number of nitriles is 1. The van der Waals surface area contributed by atoms with Crippen LogP contribution in [0.5, 0.6) is 0 Å². The van der Waals surface area contributed by atoms with Crippen molar-refractivity contribution in [1.29, 1.82) is 5.26 Å². The van der Waals surface area contributed by atoms with E-state index in [0.29, 0.717) is 0 Å². The lowest BCUT2D eigenvalue weighted by molar-refractivity contribution is -0.144. The molecule has 1 amide bonds. The molecule has 6 heteroatoms. The molecule has 1 aromatic carbocycles. The standard InChI is InChI=1S/C20H19N3O3/c1-20(13-21,16-8-9-16)23-17(24)12-26-18(25)10-7-15-5-2-4-14-6-3-11-22-19(14)15/h2-7,10-11,16H,8-9,12H2,1H3,(H,23,24)/b10-7+. The highest BCUT2D eigenvalue weighted by Gasteiger charge is 2.43. The van der Waals surface area contributed by atoms with Crippen molar-refractivity contribution in [2.75, 3.05) is 6.61 Å². The third-order valence-electron chi connectivity index (χ3n) is 4.43. The van der Waals surface area contributed by atoms with Gasteiger partial charge in [0, 0.05) is 23.2 Å². The number of ether oxygens (including phenoxy) is 1.